The first-order chi connectivity index (χ1) is 18.6. The van der Waals surface area contributed by atoms with Crippen LogP contribution in [0.4, 0.5) is 5.69 Å². The molecule has 0 saturated carbocycles. The predicted molar refractivity (Wildman–Crippen MR) is 153 cm³/mol. The number of anilines is 1. The highest BCUT2D eigenvalue weighted by molar-refractivity contribution is 7.87. The molecular weight excluding hydrogens is 514 g/mol. The first-order valence-corrected chi connectivity index (χ1v) is 14.5. The highest BCUT2D eigenvalue weighted by Crippen LogP contribution is 2.22. The second-order valence-electron chi connectivity index (χ2n) is 9.88. The van der Waals surface area contributed by atoms with E-state index >= 15 is 0 Å². The van der Waals surface area contributed by atoms with Gasteiger partial charge in [0.25, 0.3) is 10.2 Å². The molecule has 1 atom stereocenters. The van der Waals surface area contributed by atoms with Crippen LogP contribution in [0, 0.1) is 17.8 Å². The van der Waals surface area contributed by atoms with Gasteiger partial charge in [0.1, 0.15) is 6.04 Å². The van der Waals surface area contributed by atoms with Gasteiger partial charge < -0.3 is 10.0 Å². The molecular formula is C30H33N3O5S. The van der Waals surface area contributed by atoms with Crippen molar-refractivity contribution in [1.29, 1.82) is 0 Å². The minimum absolute atomic E-state index is 0.107. The molecule has 1 aliphatic rings. The molecule has 0 aromatic heterocycles. The first kappa shape index (κ1) is 28.3. The fraction of sp³-hybridized carbons (Fsp3) is 0.333. The Morgan fingerprint density at radius 2 is 1.59 bits per heavy atom. The van der Waals surface area contributed by atoms with Gasteiger partial charge in [0.05, 0.1) is 0 Å². The number of carbonyl (C=O) groups is 2. The number of fused-ring (bicyclic) bond motifs is 1. The lowest BCUT2D eigenvalue weighted by Crippen LogP contribution is -2.55. The van der Waals surface area contributed by atoms with Crippen LogP contribution in [-0.4, -0.2) is 61.8 Å². The van der Waals surface area contributed by atoms with Gasteiger partial charge in [-0.25, -0.2) is 0 Å². The normalized spacial score (nSPS) is 15.1. The van der Waals surface area contributed by atoms with Crippen molar-refractivity contribution >= 4 is 38.4 Å². The Labute approximate surface area is 229 Å². The third-order valence-electron chi connectivity index (χ3n) is 6.87. The van der Waals surface area contributed by atoms with E-state index in [1.54, 1.807) is 13.8 Å². The lowest BCUT2D eigenvalue weighted by Gasteiger charge is -2.36. The van der Waals surface area contributed by atoms with Gasteiger partial charge in [0, 0.05) is 55.0 Å². The van der Waals surface area contributed by atoms with Crippen molar-refractivity contribution in [2.45, 2.75) is 33.2 Å². The maximum Gasteiger partial charge on any atom is 0.322 e. The summed E-state index contributed by atoms with van der Waals surface area (Å²) in [6.07, 6.45) is 0.451. The summed E-state index contributed by atoms with van der Waals surface area (Å²) < 4.78 is 29.1. The van der Waals surface area contributed by atoms with Crippen LogP contribution < -0.4 is 9.62 Å². The predicted octanol–water partition coefficient (Wildman–Crippen LogP) is 3.90. The molecule has 39 heavy (non-hydrogen) atoms. The van der Waals surface area contributed by atoms with E-state index in [0.717, 1.165) is 27.6 Å². The third-order valence-corrected chi connectivity index (χ3v) is 8.47. The summed E-state index contributed by atoms with van der Waals surface area (Å²) in [4.78, 5) is 25.9. The number of nitrogens with one attached hydrogen (secondary N) is 1. The van der Waals surface area contributed by atoms with Gasteiger partial charge >= 0.3 is 5.97 Å². The molecule has 1 fully saturated rings. The minimum Gasteiger partial charge on any atom is -0.480 e. The van der Waals surface area contributed by atoms with Crippen molar-refractivity contribution in [3.63, 3.8) is 0 Å². The van der Waals surface area contributed by atoms with Gasteiger partial charge in [-0.3, -0.25) is 9.59 Å². The molecule has 9 heteroatoms. The number of benzene rings is 3. The van der Waals surface area contributed by atoms with Gasteiger partial charge in [0.15, 0.2) is 5.78 Å². The maximum absolute atomic E-state index is 12.7. The van der Waals surface area contributed by atoms with E-state index in [2.05, 4.69) is 21.5 Å². The second kappa shape index (κ2) is 12.0. The van der Waals surface area contributed by atoms with Gasteiger partial charge in [-0.2, -0.15) is 17.4 Å². The van der Waals surface area contributed by atoms with Crippen molar-refractivity contribution in [2.24, 2.45) is 5.92 Å². The van der Waals surface area contributed by atoms with E-state index in [9.17, 15) is 23.1 Å². The van der Waals surface area contributed by atoms with E-state index in [1.807, 2.05) is 67.6 Å². The number of hydrogen-bond donors (Lipinski definition) is 2. The molecule has 3 aromatic rings. The first-order valence-electron chi connectivity index (χ1n) is 13.0. The number of Topliss-reactive ketones (excluding diaryl/α,β-unsaturated/α-hetero) is 1. The maximum atomic E-state index is 12.7. The smallest absolute Gasteiger partial charge is 0.322 e. The summed E-state index contributed by atoms with van der Waals surface area (Å²) in [7, 11) is -3.90. The minimum atomic E-state index is -3.90. The monoisotopic (exact) mass is 547 g/mol. The Kier molecular flexibility index (Phi) is 8.70. The van der Waals surface area contributed by atoms with Gasteiger partial charge in [-0.05, 0) is 53.1 Å². The van der Waals surface area contributed by atoms with Crippen molar-refractivity contribution < 1.29 is 23.1 Å². The van der Waals surface area contributed by atoms with Gasteiger partial charge in [-0.1, -0.05) is 56.9 Å². The van der Waals surface area contributed by atoms with Crippen LogP contribution in [0.3, 0.4) is 0 Å². The fourth-order valence-corrected chi connectivity index (χ4v) is 6.06. The van der Waals surface area contributed by atoms with E-state index < -0.39 is 22.2 Å². The highest BCUT2D eigenvalue weighted by atomic mass is 32.2. The van der Waals surface area contributed by atoms with Gasteiger partial charge in [0.2, 0.25) is 0 Å². The van der Waals surface area contributed by atoms with E-state index in [0.29, 0.717) is 25.1 Å². The Morgan fingerprint density at radius 1 is 0.949 bits per heavy atom. The van der Waals surface area contributed by atoms with Crippen molar-refractivity contribution in [2.75, 3.05) is 31.1 Å². The van der Waals surface area contributed by atoms with Crippen LogP contribution in [-0.2, 0) is 15.0 Å². The highest BCUT2D eigenvalue weighted by Gasteiger charge is 2.32. The van der Waals surface area contributed by atoms with Crippen LogP contribution in [0.5, 0.6) is 0 Å². The lowest BCUT2D eigenvalue weighted by atomic mass is 9.98. The topological polar surface area (TPSA) is 107 Å². The molecule has 4 rings (SSSR count). The Balaban J connectivity index is 1.41. The molecule has 0 spiro atoms. The molecule has 0 aliphatic carbocycles. The second-order valence-corrected chi connectivity index (χ2v) is 11.6. The largest absolute Gasteiger partial charge is 0.480 e. The molecule has 1 unspecified atom stereocenters. The summed E-state index contributed by atoms with van der Waals surface area (Å²) in [6, 6.07) is 18.3. The summed E-state index contributed by atoms with van der Waals surface area (Å²) in [5, 5.41) is 11.2. The molecule has 0 amide bonds. The lowest BCUT2D eigenvalue weighted by molar-refractivity contribution is -0.140. The Bertz CT molecular complexity index is 1530. The quantitative estimate of drug-likeness (QED) is 0.327. The molecule has 204 valence electrons. The molecule has 0 radical (unpaired) electrons. The standard InChI is InChI=1S/C30H33N3O5S/c1-4-28(34)26-7-5-6-24-13-10-23(20-27(24)26)9-8-22-11-14-25(15-12-22)32-16-18-33(19-17-32)39(37,38)31-29(21(2)3)30(35)36/h5-7,10-15,20-21,29,31H,4,16-19H2,1-3H3,(H,35,36). The molecule has 2 N–H and O–H groups in total. The number of hydrogen-bond acceptors (Lipinski definition) is 5. The third kappa shape index (κ3) is 6.66. The zero-order valence-corrected chi connectivity index (χ0v) is 23.2. The molecule has 1 saturated heterocycles. The SMILES string of the molecule is CCC(=O)c1cccc2ccc(C#Cc3ccc(N4CCN(S(=O)(=O)NC(C(=O)O)C(C)C)CC4)cc3)cc12. The van der Waals surface area contributed by atoms with Crippen LogP contribution in [0.2, 0.25) is 0 Å². The zero-order chi connectivity index (χ0) is 28.2. The number of carbonyl (C=O) groups excluding carboxylic acids is 1. The molecule has 1 aliphatic heterocycles. The average molecular weight is 548 g/mol. The van der Waals surface area contributed by atoms with E-state index in [-0.39, 0.29) is 24.8 Å². The molecule has 0 bridgehead atoms. The number of piperazine rings is 1. The number of carboxylic acid groups (broad SMARTS) is 1. The van der Waals surface area contributed by atoms with Crippen molar-refractivity contribution in [3.8, 4) is 11.8 Å². The average Bonchev–Trinajstić information content (AvgIpc) is 2.94. The molecule has 3 aromatic carbocycles. The number of ketones is 1. The number of rotatable bonds is 8. The van der Waals surface area contributed by atoms with E-state index in [1.165, 1.54) is 4.31 Å². The number of carboxylic acids is 1. The summed E-state index contributed by atoms with van der Waals surface area (Å²) in [5.74, 6) is 4.93. The molecule has 8 nitrogen and oxygen atoms in total. The summed E-state index contributed by atoms with van der Waals surface area (Å²) in [6.45, 7) is 6.68. The van der Waals surface area contributed by atoms with Crippen molar-refractivity contribution in [1.82, 2.24) is 9.03 Å². The van der Waals surface area contributed by atoms with Crippen molar-refractivity contribution in [3.05, 3.63) is 77.4 Å². The van der Waals surface area contributed by atoms with Crippen LogP contribution in [0.1, 0.15) is 48.7 Å². The van der Waals surface area contributed by atoms with Crippen LogP contribution in [0.25, 0.3) is 10.8 Å². The summed E-state index contributed by atoms with van der Waals surface area (Å²) in [5.41, 5.74) is 3.35. The Morgan fingerprint density at radius 3 is 2.21 bits per heavy atom. The van der Waals surface area contributed by atoms with Gasteiger partial charge in [-0.15, -0.1) is 0 Å². The summed E-state index contributed by atoms with van der Waals surface area (Å²) >= 11 is 0. The van der Waals surface area contributed by atoms with E-state index in [4.69, 9.17) is 0 Å². The Hall–Kier alpha value is -3.71. The zero-order valence-electron chi connectivity index (χ0n) is 22.3. The van der Waals surface area contributed by atoms with Crippen LogP contribution >= 0.6 is 0 Å². The van der Waals surface area contributed by atoms with Crippen LogP contribution in [0.15, 0.2) is 60.7 Å². The molecule has 1 heterocycles. The fourth-order valence-electron chi connectivity index (χ4n) is 4.58. The number of aliphatic carboxylic acids is 1. The number of nitrogens with zero attached hydrogens (tertiary/aromatic N) is 2.